The molecule has 1 N–H and O–H groups in total. The Morgan fingerprint density at radius 1 is 1.23 bits per heavy atom. The van der Waals surface area contributed by atoms with Crippen LogP contribution in [0.3, 0.4) is 0 Å². The van der Waals surface area contributed by atoms with E-state index in [0.717, 1.165) is 36.9 Å². The van der Waals surface area contributed by atoms with Gasteiger partial charge in [0.1, 0.15) is 5.56 Å². The molecule has 0 spiro atoms. The lowest BCUT2D eigenvalue weighted by Crippen LogP contribution is -2.32. The Bertz CT molecular complexity index is 776. The van der Waals surface area contributed by atoms with Crippen LogP contribution in [0.4, 0.5) is 0 Å². The van der Waals surface area contributed by atoms with Crippen molar-refractivity contribution in [1.82, 2.24) is 9.78 Å². The van der Waals surface area contributed by atoms with E-state index in [1.807, 2.05) is 24.3 Å². The predicted octanol–water partition coefficient (Wildman–Crippen LogP) is 2.37. The van der Waals surface area contributed by atoms with Gasteiger partial charge in [-0.2, -0.15) is 9.78 Å². The maximum Gasteiger partial charge on any atom is 0.341 e. The second kappa shape index (κ2) is 5.75. The van der Waals surface area contributed by atoms with E-state index in [1.54, 1.807) is 0 Å². The Labute approximate surface area is 128 Å². The van der Waals surface area contributed by atoms with Crippen LogP contribution in [0.5, 0.6) is 0 Å². The second-order valence-corrected chi connectivity index (χ2v) is 5.55. The summed E-state index contributed by atoms with van der Waals surface area (Å²) in [5.41, 5.74) is 2.46. The average molecular weight is 298 g/mol. The first-order valence-corrected chi connectivity index (χ1v) is 7.59. The van der Waals surface area contributed by atoms with Crippen molar-refractivity contribution in [3.05, 3.63) is 57.0 Å². The zero-order valence-electron chi connectivity index (χ0n) is 12.5. The van der Waals surface area contributed by atoms with Crippen molar-refractivity contribution in [2.24, 2.45) is 0 Å². The molecule has 1 aromatic heterocycles. The smallest absolute Gasteiger partial charge is 0.341 e. The van der Waals surface area contributed by atoms with Crippen molar-refractivity contribution in [2.75, 3.05) is 0 Å². The monoisotopic (exact) mass is 298 g/mol. The molecule has 1 aromatic carbocycles. The molecule has 22 heavy (non-hydrogen) atoms. The highest BCUT2D eigenvalue weighted by atomic mass is 16.4. The molecule has 0 amide bonds. The lowest BCUT2D eigenvalue weighted by molar-refractivity contribution is 0.0692. The fraction of sp³-hybridized carbons (Fsp3) is 0.353. The minimum atomic E-state index is -1.16. The van der Waals surface area contributed by atoms with Gasteiger partial charge in [-0.3, -0.25) is 4.79 Å². The summed E-state index contributed by atoms with van der Waals surface area (Å²) in [4.78, 5) is 24.1. The van der Waals surface area contributed by atoms with Crippen LogP contribution in [-0.2, 0) is 19.3 Å². The Kier molecular flexibility index (Phi) is 3.79. The summed E-state index contributed by atoms with van der Waals surface area (Å²) < 4.78 is 1.23. The molecule has 3 rings (SSSR count). The van der Waals surface area contributed by atoms with Gasteiger partial charge in [-0.1, -0.05) is 19.1 Å². The fourth-order valence-corrected chi connectivity index (χ4v) is 2.94. The fourth-order valence-electron chi connectivity index (χ4n) is 2.94. The van der Waals surface area contributed by atoms with Gasteiger partial charge >= 0.3 is 5.97 Å². The van der Waals surface area contributed by atoms with Crippen LogP contribution in [0, 0.1) is 0 Å². The van der Waals surface area contributed by atoms with Gasteiger partial charge in [0.05, 0.1) is 11.4 Å². The van der Waals surface area contributed by atoms with E-state index in [9.17, 15) is 14.7 Å². The van der Waals surface area contributed by atoms with Gasteiger partial charge in [0.25, 0.3) is 5.56 Å². The zero-order chi connectivity index (χ0) is 15.7. The molecule has 0 saturated carbocycles. The Morgan fingerprint density at radius 3 is 2.55 bits per heavy atom. The predicted molar refractivity (Wildman–Crippen MR) is 82.8 cm³/mol. The molecule has 2 aromatic rings. The first-order chi connectivity index (χ1) is 10.6. The number of carbonyl (C=O) groups is 1. The third kappa shape index (κ3) is 2.43. The van der Waals surface area contributed by atoms with Crippen molar-refractivity contribution >= 4 is 5.97 Å². The van der Waals surface area contributed by atoms with E-state index in [0.29, 0.717) is 17.7 Å². The van der Waals surface area contributed by atoms with Crippen molar-refractivity contribution in [3.8, 4) is 5.69 Å². The number of fused-ring (bicyclic) bond motifs is 1. The molecule has 1 aliphatic rings. The molecule has 0 radical (unpaired) electrons. The van der Waals surface area contributed by atoms with E-state index in [-0.39, 0.29) is 5.56 Å². The molecule has 1 heterocycles. The summed E-state index contributed by atoms with van der Waals surface area (Å²) in [6.07, 6.45) is 4.14. The molecule has 114 valence electrons. The molecule has 0 aliphatic heterocycles. The van der Waals surface area contributed by atoms with Crippen molar-refractivity contribution in [2.45, 2.75) is 39.0 Å². The quantitative estimate of drug-likeness (QED) is 0.944. The molecule has 0 unspecified atom stereocenters. The van der Waals surface area contributed by atoms with Crippen molar-refractivity contribution in [1.29, 1.82) is 0 Å². The third-order valence-electron chi connectivity index (χ3n) is 4.17. The molecular weight excluding hydrogens is 280 g/mol. The normalized spacial score (nSPS) is 13.7. The van der Waals surface area contributed by atoms with Crippen molar-refractivity contribution in [3.63, 3.8) is 0 Å². The van der Waals surface area contributed by atoms with E-state index in [4.69, 9.17) is 0 Å². The topological polar surface area (TPSA) is 72.2 Å². The van der Waals surface area contributed by atoms with Crippen LogP contribution in [0.25, 0.3) is 5.69 Å². The maximum atomic E-state index is 12.6. The van der Waals surface area contributed by atoms with Gasteiger partial charge < -0.3 is 5.11 Å². The molecule has 0 atom stereocenters. The van der Waals surface area contributed by atoms with Crippen LogP contribution >= 0.6 is 0 Å². The highest BCUT2D eigenvalue weighted by molar-refractivity contribution is 5.89. The van der Waals surface area contributed by atoms with Crippen LogP contribution in [0.1, 0.15) is 46.9 Å². The largest absolute Gasteiger partial charge is 0.477 e. The van der Waals surface area contributed by atoms with Crippen molar-refractivity contribution < 1.29 is 9.90 Å². The lowest BCUT2D eigenvalue weighted by Gasteiger charge is -2.18. The molecule has 0 bridgehead atoms. The summed E-state index contributed by atoms with van der Waals surface area (Å²) in [7, 11) is 0. The van der Waals surface area contributed by atoms with Gasteiger partial charge in [-0.15, -0.1) is 0 Å². The van der Waals surface area contributed by atoms with Crippen LogP contribution < -0.4 is 5.56 Å². The summed E-state index contributed by atoms with van der Waals surface area (Å²) in [5, 5.41) is 13.9. The number of aryl methyl sites for hydroxylation is 2. The maximum absolute atomic E-state index is 12.6. The van der Waals surface area contributed by atoms with E-state index in [1.165, 1.54) is 4.68 Å². The summed E-state index contributed by atoms with van der Waals surface area (Å²) in [6, 6.07) is 7.49. The summed E-state index contributed by atoms with van der Waals surface area (Å²) >= 11 is 0. The highest BCUT2D eigenvalue weighted by Gasteiger charge is 2.24. The van der Waals surface area contributed by atoms with Crippen LogP contribution in [0.2, 0.25) is 0 Å². The number of carboxylic acid groups (broad SMARTS) is 1. The molecule has 5 heteroatoms. The van der Waals surface area contributed by atoms with Gasteiger partial charge in [-0.25, -0.2) is 4.79 Å². The number of aromatic nitrogens is 2. The third-order valence-corrected chi connectivity index (χ3v) is 4.17. The number of hydrogen-bond donors (Lipinski definition) is 1. The number of aromatic carboxylic acids is 1. The zero-order valence-corrected chi connectivity index (χ0v) is 12.5. The standard InChI is InChI=1S/C17H18N2O3/c1-2-11-7-9-12(10-8-11)19-16(20)15(17(21)22)13-5-3-4-6-14(13)18-19/h7-10H,2-6H2,1H3,(H,21,22). The van der Waals surface area contributed by atoms with Gasteiger partial charge in [0.15, 0.2) is 0 Å². The number of benzene rings is 1. The lowest BCUT2D eigenvalue weighted by atomic mass is 9.93. The highest BCUT2D eigenvalue weighted by Crippen LogP contribution is 2.21. The molecule has 1 aliphatic carbocycles. The van der Waals surface area contributed by atoms with Gasteiger partial charge in [0, 0.05) is 0 Å². The minimum absolute atomic E-state index is 0.121. The number of nitrogens with zero attached hydrogens (tertiary/aromatic N) is 2. The Hall–Kier alpha value is -2.43. The van der Waals surface area contributed by atoms with Gasteiger partial charge in [0.2, 0.25) is 0 Å². The average Bonchev–Trinajstić information content (AvgIpc) is 2.54. The van der Waals surface area contributed by atoms with E-state index >= 15 is 0 Å². The van der Waals surface area contributed by atoms with Crippen LogP contribution in [0.15, 0.2) is 29.1 Å². The van der Waals surface area contributed by atoms with E-state index < -0.39 is 11.5 Å². The SMILES string of the molecule is CCc1ccc(-n2nc3c(c(C(=O)O)c2=O)CCCC3)cc1. The van der Waals surface area contributed by atoms with Crippen LogP contribution in [-0.4, -0.2) is 20.9 Å². The first kappa shape index (κ1) is 14.5. The Balaban J connectivity index is 2.21. The molecular formula is C17H18N2O3. The number of carboxylic acids is 1. The molecule has 0 fully saturated rings. The number of hydrogen-bond acceptors (Lipinski definition) is 3. The molecule has 0 saturated heterocycles. The first-order valence-electron chi connectivity index (χ1n) is 7.59. The van der Waals surface area contributed by atoms with E-state index in [2.05, 4.69) is 12.0 Å². The number of rotatable bonds is 3. The molecule has 5 nitrogen and oxygen atoms in total. The summed E-state index contributed by atoms with van der Waals surface area (Å²) in [5.74, 6) is -1.16. The second-order valence-electron chi connectivity index (χ2n) is 5.55. The summed E-state index contributed by atoms with van der Waals surface area (Å²) in [6.45, 7) is 2.06. The Morgan fingerprint density at radius 2 is 1.91 bits per heavy atom. The van der Waals surface area contributed by atoms with Gasteiger partial charge in [-0.05, 0) is 55.4 Å². The minimum Gasteiger partial charge on any atom is -0.477 e.